The van der Waals surface area contributed by atoms with Gasteiger partial charge in [0.1, 0.15) is 5.75 Å². The summed E-state index contributed by atoms with van der Waals surface area (Å²) in [7, 11) is 3.57. The summed E-state index contributed by atoms with van der Waals surface area (Å²) in [6.45, 7) is 4.59. The Morgan fingerprint density at radius 3 is 2.64 bits per heavy atom. The van der Waals surface area contributed by atoms with Crippen LogP contribution in [0.15, 0.2) is 36.7 Å². The highest BCUT2D eigenvalue weighted by Gasteiger charge is 2.27. The van der Waals surface area contributed by atoms with Gasteiger partial charge in [0.05, 0.1) is 13.3 Å². The molecule has 6 heteroatoms. The largest absolute Gasteiger partial charge is 0.497 e. The highest BCUT2D eigenvalue weighted by molar-refractivity contribution is 5.77. The minimum Gasteiger partial charge on any atom is -0.497 e. The minimum atomic E-state index is 0.206. The first-order valence-corrected chi connectivity index (χ1v) is 8.73. The van der Waals surface area contributed by atoms with Gasteiger partial charge in [-0.2, -0.15) is 5.10 Å². The number of amides is 1. The Bertz CT molecular complexity index is 710. The summed E-state index contributed by atoms with van der Waals surface area (Å²) in [6, 6.07) is 8.31. The molecular weight excluding hydrogens is 316 g/mol. The fourth-order valence-electron chi connectivity index (χ4n) is 3.35. The van der Waals surface area contributed by atoms with E-state index in [2.05, 4.69) is 29.1 Å². The van der Waals surface area contributed by atoms with Crippen LogP contribution in [-0.4, -0.2) is 53.4 Å². The van der Waals surface area contributed by atoms with E-state index >= 15 is 0 Å². The quantitative estimate of drug-likeness (QED) is 0.835. The molecule has 1 aliphatic heterocycles. The standard InChI is InChI=1S/C19H26N4O2/c1-15-13-22(17-5-7-18(25-3)8-6-17)10-11-23(15)19(24)9-4-16-12-20-21(2)14-16/h5-8,12,14-15H,4,9-11,13H2,1-3H3. The molecular formula is C19H26N4O2. The van der Waals surface area contributed by atoms with Gasteiger partial charge in [0.15, 0.2) is 0 Å². The molecule has 0 N–H and O–H groups in total. The van der Waals surface area contributed by atoms with E-state index in [0.717, 1.165) is 37.4 Å². The number of nitrogens with zero attached hydrogens (tertiary/aromatic N) is 4. The van der Waals surface area contributed by atoms with Crippen LogP contribution in [-0.2, 0) is 18.3 Å². The monoisotopic (exact) mass is 342 g/mol. The van der Waals surface area contributed by atoms with Gasteiger partial charge in [-0.1, -0.05) is 0 Å². The summed E-state index contributed by atoms with van der Waals surface area (Å²) in [5, 5.41) is 4.15. The lowest BCUT2D eigenvalue weighted by Crippen LogP contribution is -2.54. The molecule has 25 heavy (non-hydrogen) atoms. The molecule has 1 unspecified atom stereocenters. The number of ether oxygens (including phenoxy) is 1. The molecule has 1 atom stereocenters. The van der Waals surface area contributed by atoms with Crippen LogP contribution in [0.4, 0.5) is 5.69 Å². The van der Waals surface area contributed by atoms with Crippen LogP contribution >= 0.6 is 0 Å². The van der Waals surface area contributed by atoms with Crippen LogP contribution in [0.1, 0.15) is 18.9 Å². The minimum absolute atomic E-state index is 0.206. The SMILES string of the molecule is COc1ccc(N2CCN(C(=O)CCc3cnn(C)c3)C(C)C2)cc1. The third-order valence-electron chi connectivity index (χ3n) is 4.77. The van der Waals surface area contributed by atoms with E-state index in [9.17, 15) is 4.79 Å². The maximum absolute atomic E-state index is 12.6. The second-order valence-electron chi connectivity index (χ2n) is 6.60. The molecule has 1 amide bonds. The van der Waals surface area contributed by atoms with E-state index < -0.39 is 0 Å². The summed E-state index contributed by atoms with van der Waals surface area (Å²) in [4.78, 5) is 16.9. The second-order valence-corrected chi connectivity index (χ2v) is 6.60. The Labute approximate surface area is 149 Å². The molecule has 2 heterocycles. The average molecular weight is 342 g/mol. The molecule has 0 aliphatic carbocycles. The molecule has 1 aliphatic rings. The van der Waals surface area contributed by atoms with Gasteiger partial charge in [0, 0.05) is 51.0 Å². The number of carbonyl (C=O) groups is 1. The molecule has 1 saturated heterocycles. The lowest BCUT2D eigenvalue weighted by molar-refractivity contribution is -0.133. The van der Waals surface area contributed by atoms with Crippen molar-refractivity contribution in [2.45, 2.75) is 25.8 Å². The van der Waals surface area contributed by atoms with Crippen molar-refractivity contribution in [3.8, 4) is 5.75 Å². The number of hydrogen-bond donors (Lipinski definition) is 0. The van der Waals surface area contributed by atoms with Gasteiger partial charge in [0.2, 0.25) is 5.91 Å². The number of piperazine rings is 1. The predicted octanol–water partition coefficient (Wildman–Crippen LogP) is 2.10. The zero-order valence-corrected chi connectivity index (χ0v) is 15.2. The third kappa shape index (κ3) is 4.13. The van der Waals surface area contributed by atoms with Crippen molar-refractivity contribution in [2.75, 3.05) is 31.6 Å². The number of rotatable bonds is 5. The van der Waals surface area contributed by atoms with E-state index in [1.807, 2.05) is 36.5 Å². The van der Waals surface area contributed by atoms with Crippen molar-refractivity contribution in [3.05, 3.63) is 42.2 Å². The summed E-state index contributed by atoms with van der Waals surface area (Å²) in [6.07, 6.45) is 5.09. The summed E-state index contributed by atoms with van der Waals surface area (Å²) in [5.41, 5.74) is 2.29. The van der Waals surface area contributed by atoms with Gasteiger partial charge < -0.3 is 14.5 Å². The Morgan fingerprint density at radius 1 is 1.28 bits per heavy atom. The van der Waals surface area contributed by atoms with Crippen LogP contribution in [0.25, 0.3) is 0 Å². The maximum Gasteiger partial charge on any atom is 0.223 e. The number of hydrogen-bond acceptors (Lipinski definition) is 4. The summed E-state index contributed by atoms with van der Waals surface area (Å²) in [5.74, 6) is 1.09. The Morgan fingerprint density at radius 2 is 2.04 bits per heavy atom. The lowest BCUT2D eigenvalue weighted by Gasteiger charge is -2.41. The number of benzene rings is 1. The summed E-state index contributed by atoms with van der Waals surface area (Å²) < 4.78 is 6.99. The lowest BCUT2D eigenvalue weighted by atomic mass is 10.1. The molecule has 2 aromatic rings. The maximum atomic E-state index is 12.6. The van der Waals surface area contributed by atoms with Gasteiger partial charge >= 0.3 is 0 Å². The van der Waals surface area contributed by atoms with Crippen molar-refractivity contribution in [3.63, 3.8) is 0 Å². The van der Waals surface area contributed by atoms with E-state index in [-0.39, 0.29) is 11.9 Å². The molecule has 0 radical (unpaired) electrons. The Hall–Kier alpha value is -2.50. The van der Waals surface area contributed by atoms with Gasteiger partial charge in [0.25, 0.3) is 0 Å². The van der Waals surface area contributed by atoms with Crippen molar-refractivity contribution in [2.24, 2.45) is 7.05 Å². The molecule has 0 spiro atoms. The summed E-state index contributed by atoms with van der Waals surface area (Å²) >= 11 is 0. The van der Waals surface area contributed by atoms with Gasteiger partial charge in [-0.15, -0.1) is 0 Å². The molecule has 1 aromatic carbocycles. The number of anilines is 1. The molecule has 0 bridgehead atoms. The topological polar surface area (TPSA) is 50.6 Å². The normalized spacial score (nSPS) is 17.6. The van der Waals surface area contributed by atoms with Gasteiger partial charge in [-0.3, -0.25) is 9.48 Å². The highest BCUT2D eigenvalue weighted by atomic mass is 16.5. The van der Waals surface area contributed by atoms with Crippen molar-refractivity contribution >= 4 is 11.6 Å². The highest BCUT2D eigenvalue weighted by Crippen LogP contribution is 2.22. The van der Waals surface area contributed by atoms with Gasteiger partial charge in [-0.25, -0.2) is 0 Å². The molecule has 1 fully saturated rings. The van der Waals surface area contributed by atoms with Gasteiger partial charge in [-0.05, 0) is 43.2 Å². The third-order valence-corrected chi connectivity index (χ3v) is 4.77. The predicted molar refractivity (Wildman–Crippen MR) is 97.9 cm³/mol. The zero-order chi connectivity index (χ0) is 17.8. The van der Waals surface area contributed by atoms with Crippen molar-refractivity contribution in [1.29, 1.82) is 0 Å². The first kappa shape index (κ1) is 17.3. The zero-order valence-electron chi connectivity index (χ0n) is 15.2. The van der Waals surface area contributed by atoms with E-state index in [4.69, 9.17) is 4.74 Å². The van der Waals surface area contributed by atoms with E-state index in [0.29, 0.717) is 6.42 Å². The van der Waals surface area contributed by atoms with E-state index in [1.54, 1.807) is 11.8 Å². The molecule has 0 saturated carbocycles. The van der Waals surface area contributed by atoms with E-state index in [1.165, 1.54) is 5.69 Å². The van der Waals surface area contributed by atoms with Crippen LogP contribution in [0.2, 0.25) is 0 Å². The Balaban J connectivity index is 1.54. The first-order valence-electron chi connectivity index (χ1n) is 8.73. The number of carbonyl (C=O) groups excluding carboxylic acids is 1. The fourth-order valence-corrected chi connectivity index (χ4v) is 3.35. The van der Waals surface area contributed by atoms with Crippen LogP contribution < -0.4 is 9.64 Å². The molecule has 6 nitrogen and oxygen atoms in total. The first-order chi connectivity index (χ1) is 12.1. The smallest absolute Gasteiger partial charge is 0.223 e. The Kier molecular flexibility index (Phi) is 5.26. The van der Waals surface area contributed by atoms with Crippen molar-refractivity contribution in [1.82, 2.24) is 14.7 Å². The number of methoxy groups -OCH3 is 1. The average Bonchev–Trinajstić information content (AvgIpc) is 3.05. The second kappa shape index (κ2) is 7.59. The number of aromatic nitrogens is 2. The molecule has 134 valence electrons. The van der Waals surface area contributed by atoms with Crippen LogP contribution in [0, 0.1) is 0 Å². The molecule has 3 rings (SSSR count). The molecule has 1 aromatic heterocycles. The van der Waals surface area contributed by atoms with Crippen LogP contribution in [0.5, 0.6) is 5.75 Å². The number of aryl methyl sites for hydroxylation is 2. The fraction of sp³-hybridized carbons (Fsp3) is 0.474. The van der Waals surface area contributed by atoms with Crippen molar-refractivity contribution < 1.29 is 9.53 Å². The van der Waals surface area contributed by atoms with Crippen LogP contribution in [0.3, 0.4) is 0 Å².